The highest BCUT2D eigenvalue weighted by molar-refractivity contribution is 6.32. The molecule has 0 heterocycles. The number of benzene rings is 2. The summed E-state index contributed by atoms with van der Waals surface area (Å²) >= 11 is 6.04. The Morgan fingerprint density at radius 2 is 1.86 bits per heavy atom. The smallest absolute Gasteiger partial charge is 0.255 e. The summed E-state index contributed by atoms with van der Waals surface area (Å²) in [5.74, 6) is 0.501. The van der Waals surface area contributed by atoms with Gasteiger partial charge < -0.3 is 19.9 Å². The first-order valence-electron chi connectivity index (χ1n) is 6.07. The Kier molecular flexibility index (Phi) is 4.55. The van der Waals surface area contributed by atoms with E-state index in [-0.39, 0.29) is 11.7 Å². The molecule has 0 spiro atoms. The van der Waals surface area contributed by atoms with Gasteiger partial charge >= 0.3 is 0 Å². The van der Waals surface area contributed by atoms with Crippen molar-refractivity contribution in [3.63, 3.8) is 0 Å². The molecule has 0 aromatic heterocycles. The number of carbonyl (C=O) groups excluding carboxylic acids is 1. The van der Waals surface area contributed by atoms with E-state index in [0.717, 1.165) is 0 Å². The maximum absolute atomic E-state index is 12.1. The van der Waals surface area contributed by atoms with Crippen LogP contribution >= 0.6 is 11.6 Å². The van der Waals surface area contributed by atoms with Gasteiger partial charge in [-0.3, -0.25) is 4.79 Å². The number of rotatable bonds is 4. The first kappa shape index (κ1) is 15.0. The fourth-order valence-corrected chi connectivity index (χ4v) is 2.04. The van der Waals surface area contributed by atoms with Gasteiger partial charge in [-0.05, 0) is 24.3 Å². The minimum absolute atomic E-state index is 0.0161. The van der Waals surface area contributed by atoms with Gasteiger partial charge in [-0.25, -0.2) is 0 Å². The maximum Gasteiger partial charge on any atom is 0.255 e. The summed E-state index contributed by atoms with van der Waals surface area (Å²) in [6.45, 7) is 0. The van der Waals surface area contributed by atoms with E-state index < -0.39 is 0 Å². The van der Waals surface area contributed by atoms with Gasteiger partial charge in [-0.1, -0.05) is 17.7 Å². The number of carbonyl (C=O) groups is 1. The second-order valence-electron chi connectivity index (χ2n) is 4.19. The van der Waals surface area contributed by atoms with E-state index in [0.29, 0.717) is 27.8 Å². The highest BCUT2D eigenvalue weighted by Gasteiger charge is 2.13. The van der Waals surface area contributed by atoms with Crippen LogP contribution in [0.15, 0.2) is 36.4 Å². The first-order valence-corrected chi connectivity index (χ1v) is 6.45. The molecule has 21 heavy (non-hydrogen) atoms. The summed E-state index contributed by atoms with van der Waals surface area (Å²) in [5, 5.41) is 12.4. The molecule has 1 amide bonds. The standard InChI is InChI=1S/C15H14ClNO4/c1-20-13-8-14(21-2)12(7-11(13)16)17-15(19)9-4-3-5-10(18)6-9/h3-8,18H,1-2H3,(H,17,19). The van der Waals surface area contributed by atoms with Crippen molar-refractivity contribution in [1.29, 1.82) is 0 Å². The molecule has 5 nitrogen and oxygen atoms in total. The molecule has 2 aromatic rings. The number of hydrogen-bond donors (Lipinski definition) is 2. The van der Waals surface area contributed by atoms with E-state index in [1.807, 2.05) is 0 Å². The molecule has 0 saturated carbocycles. The van der Waals surface area contributed by atoms with E-state index >= 15 is 0 Å². The molecule has 0 saturated heterocycles. The van der Waals surface area contributed by atoms with Gasteiger partial charge in [0.15, 0.2) is 0 Å². The van der Waals surface area contributed by atoms with Crippen molar-refractivity contribution in [2.75, 3.05) is 19.5 Å². The van der Waals surface area contributed by atoms with Crippen LogP contribution in [0.3, 0.4) is 0 Å². The Bertz CT molecular complexity index is 673. The van der Waals surface area contributed by atoms with Crippen molar-refractivity contribution < 1.29 is 19.4 Å². The zero-order chi connectivity index (χ0) is 15.4. The van der Waals surface area contributed by atoms with Gasteiger partial charge in [0.2, 0.25) is 0 Å². The predicted molar refractivity (Wildman–Crippen MR) is 80.6 cm³/mol. The van der Waals surface area contributed by atoms with Crippen LogP contribution in [0.1, 0.15) is 10.4 Å². The zero-order valence-corrected chi connectivity index (χ0v) is 12.3. The molecule has 2 N–H and O–H groups in total. The third kappa shape index (κ3) is 3.38. The molecule has 0 aliphatic rings. The summed E-state index contributed by atoms with van der Waals surface area (Å²) in [6.07, 6.45) is 0. The molecule has 0 radical (unpaired) electrons. The molecule has 110 valence electrons. The Hall–Kier alpha value is -2.40. The summed E-state index contributed by atoms with van der Waals surface area (Å²) in [6, 6.07) is 9.16. The fourth-order valence-electron chi connectivity index (χ4n) is 1.80. The van der Waals surface area contributed by atoms with Crippen LogP contribution in [-0.4, -0.2) is 25.2 Å². The van der Waals surface area contributed by atoms with E-state index in [1.54, 1.807) is 24.3 Å². The lowest BCUT2D eigenvalue weighted by molar-refractivity contribution is 0.102. The number of aromatic hydroxyl groups is 1. The molecule has 0 aliphatic heterocycles. The van der Waals surface area contributed by atoms with Gasteiger partial charge in [0.25, 0.3) is 5.91 Å². The van der Waals surface area contributed by atoms with Crippen LogP contribution in [0.5, 0.6) is 17.2 Å². The van der Waals surface area contributed by atoms with Gasteiger partial charge in [-0.2, -0.15) is 0 Å². The van der Waals surface area contributed by atoms with E-state index in [1.165, 1.54) is 26.4 Å². The van der Waals surface area contributed by atoms with Crippen LogP contribution in [0, 0.1) is 0 Å². The monoisotopic (exact) mass is 307 g/mol. The van der Waals surface area contributed by atoms with E-state index in [4.69, 9.17) is 21.1 Å². The minimum atomic E-state index is -0.384. The molecule has 0 fully saturated rings. The topological polar surface area (TPSA) is 67.8 Å². The number of nitrogens with one attached hydrogen (secondary N) is 1. The van der Waals surface area contributed by atoms with Crippen molar-refractivity contribution in [2.24, 2.45) is 0 Å². The quantitative estimate of drug-likeness (QED) is 0.909. The molecule has 0 bridgehead atoms. The molecule has 0 aliphatic carbocycles. The number of phenols is 1. The molecule has 0 atom stereocenters. The van der Waals surface area contributed by atoms with Gasteiger partial charge in [0.1, 0.15) is 17.2 Å². The largest absolute Gasteiger partial charge is 0.508 e. The van der Waals surface area contributed by atoms with Crippen LogP contribution in [0.25, 0.3) is 0 Å². The van der Waals surface area contributed by atoms with Crippen molar-refractivity contribution in [3.8, 4) is 17.2 Å². The Labute approximate surface area is 127 Å². The maximum atomic E-state index is 12.1. The molecular formula is C15H14ClNO4. The normalized spacial score (nSPS) is 10.0. The molecule has 6 heteroatoms. The number of hydrogen-bond acceptors (Lipinski definition) is 4. The predicted octanol–water partition coefficient (Wildman–Crippen LogP) is 3.32. The Morgan fingerprint density at radius 3 is 2.48 bits per heavy atom. The Balaban J connectivity index is 2.30. The second-order valence-corrected chi connectivity index (χ2v) is 4.60. The van der Waals surface area contributed by atoms with Crippen LogP contribution in [-0.2, 0) is 0 Å². The Morgan fingerprint density at radius 1 is 1.14 bits per heavy atom. The summed E-state index contributed by atoms with van der Waals surface area (Å²) in [4.78, 5) is 12.1. The second kappa shape index (κ2) is 6.37. The van der Waals surface area contributed by atoms with Crippen molar-refractivity contribution in [2.45, 2.75) is 0 Å². The lowest BCUT2D eigenvalue weighted by Gasteiger charge is -2.13. The SMILES string of the molecule is COc1cc(OC)c(NC(=O)c2cccc(O)c2)cc1Cl. The van der Waals surface area contributed by atoms with Gasteiger partial charge in [0.05, 0.1) is 24.9 Å². The number of ether oxygens (including phenoxy) is 2. The third-order valence-corrected chi connectivity index (χ3v) is 3.13. The highest BCUT2D eigenvalue weighted by Crippen LogP contribution is 2.36. The van der Waals surface area contributed by atoms with Gasteiger partial charge in [-0.15, -0.1) is 0 Å². The minimum Gasteiger partial charge on any atom is -0.508 e. The summed E-state index contributed by atoms with van der Waals surface area (Å²) < 4.78 is 10.3. The van der Waals surface area contributed by atoms with Crippen LogP contribution < -0.4 is 14.8 Å². The average molecular weight is 308 g/mol. The lowest BCUT2D eigenvalue weighted by atomic mass is 10.2. The zero-order valence-electron chi connectivity index (χ0n) is 11.5. The molecule has 2 aromatic carbocycles. The van der Waals surface area contributed by atoms with Crippen LogP contribution in [0.4, 0.5) is 5.69 Å². The van der Waals surface area contributed by atoms with Crippen LogP contribution in [0.2, 0.25) is 5.02 Å². The molecule has 0 unspecified atom stereocenters. The van der Waals surface area contributed by atoms with Gasteiger partial charge in [0, 0.05) is 11.6 Å². The third-order valence-electron chi connectivity index (χ3n) is 2.83. The molecule has 2 rings (SSSR count). The summed E-state index contributed by atoms with van der Waals surface area (Å²) in [5.41, 5.74) is 0.737. The van der Waals surface area contributed by atoms with E-state index in [2.05, 4.69) is 5.32 Å². The number of halogens is 1. The van der Waals surface area contributed by atoms with Crippen molar-refractivity contribution in [1.82, 2.24) is 0 Å². The number of methoxy groups -OCH3 is 2. The lowest BCUT2D eigenvalue weighted by Crippen LogP contribution is -2.12. The number of amides is 1. The van der Waals surface area contributed by atoms with Crippen molar-refractivity contribution >= 4 is 23.2 Å². The van der Waals surface area contributed by atoms with Crippen molar-refractivity contribution in [3.05, 3.63) is 47.0 Å². The highest BCUT2D eigenvalue weighted by atomic mass is 35.5. The average Bonchev–Trinajstić information content (AvgIpc) is 2.47. The number of phenolic OH excluding ortho intramolecular Hbond substituents is 1. The molecular weight excluding hydrogens is 294 g/mol. The number of anilines is 1. The fraction of sp³-hybridized carbons (Fsp3) is 0.133. The first-order chi connectivity index (χ1) is 10.0. The summed E-state index contributed by atoms with van der Waals surface area (Å²) in [7, 11) is 2.97. The van der Waals surface area contributed by atoms with E-state index in [9.17, 15) is 9.90 Å².